The second kappa shape index (κ2) is 6.03. The molecule has 1 heterocycles. The lowest BCUT2D eigenvalue weighted by molar-refractivity contribution is 0.445. The molecule has 2 rings (SSSR count). The topological polar surface area (TPSA) is 25.2 Å². The molecule has 96 valence electrons. The molecule has 1 unspecified atom stereocenters. The van der Waals surface area contributed by atoms with Crippen molar-refractivity contribution in [2.75, 3.05) is 6.54 Å². The summed E-state index contributed by atoms with van der Waals surface area (Å²) in [6.45, 7) is 2.87. The molecule has 0 saturated heterocycles. The van der Waals surface area contributed by atoms with Crippen molar-refractivity contribution < 1.29 is 8.81 Å². The first-order chi connectivity index (χ1) is 8.74. The zero-order chi connectivity index (χ0) is 13.0. The van der Waals surface area contributed by atoms with Crippen LogP contribution >= 0.6 is 11.6 Å². The molecule has 1 aromatic carbocycles. The number of benzene rings is 1. The van der Waals surface area contributed by atoms with Crippen LogP contribution in [-0.4, -0.2) is 6.54 Å². The Labute approximate surface area is 111 Å². The van der Waals surface area contributed by atoms with Gasteiger partial charge in [-0.15, -0.1) is 0 Å². The van der Waals surface area contributed by atoms with Crippen molar-refractivity contribution in [1.82, 2.24) is 5.32 Å². The van der Waals surface area contributed by atoms with Gasteiger partial charge in [0.15, 0.2) is 0 Å². The molecule has 0 amide bonds. The van der Waals surface area contributed by atoms with E-state index in [2.05, 4.69) is 12.2 Å². The van der Waals surface area contributed by atoms with Crippen molar-refractivity contribution >= 4 is 11.6 Å². The van der Waals surface area contributed by atoms with E-state index in [1.165, 1.54) is 6.07 Å². The van der Waals surface area contributed by atoms with Crippen LogP contribution in [0.25, 0.3) is 0 Å². The van der Waals surface area contributed by atoms with E-state index < -0.39 is 5.82 Å². The average molecular weight is 268 g/mol. The van der Waals surface area contributed by atoms with Crippen LogP contribution in [-0.2, 0) is 0 Å². The van der Waals surface area contributed by atoms with Crippen molar-refractivity contribution in [1.29, 1.82) is 0 Å². The normalized spacial score (nSPS) is 12.6. The van der Waals surface area contributed by atoms with E-state index >= 15 is 0 Å². The molecule has 1 N–H and O–H groups in total. The predicted octanol–water partition coefficient (Wildman–Crippen LogP) is 4.16. The van der Waals surface area contributed by atoms with Gasteiger partial charge in [-0.1, -0.05) is 30.7 Å². The second-order valence-electron chi connectivity index (χ2n) is 4.05. The van der Waals surface area contributed by atoms with Crippen molar-refractivity contribution in [2.45, 2.75) is 19.4 Å². The lowest BCUT2D eigenvalue weighted by atomic mass is 10.0. The lowest BCUT2D eigenvalue weighted by Crippen LogP contribution is -2.23. The largest absolute Gasteiger partial charge is 0.467 e. The fourth-order valence-electron chi connectivity index (χ4n) is 1.85. The Balaban J connectivity index is 2.37. The van der Waals surface area contributed by atoms with Gasteiger partial charge in [-0.2, -0.15) is 0 Å². The zero-order valence-corrected chi connectivity index (χ0v) is 10.9. The molecular weight excluding hydrogens is 253 g/mol. The molecule has 4 heteroatoms. The van der Waals surface area contributed by atoms with E-state index in [0.29, 0.717) is 5.56 Å². The predicted molar refractivity (Wildman–Crippen MR) is 70.3 cm³/mol. The molecule has 0 spiro atoms. The van der Waals surface area contributed by atoms with E-state index in [9.17, 15) is 4.39 Å². The molecule has 0 aliphatic rings. The molecule has 1 aromatic heterocycles. The lowest BCUT2D eigenvalue weighted by Gasteiger charge is -2.18. The van der Waals surface area contributed by atoms with Gasteiger partial charge in [0, 0.05) is 0 Å². The minimum Gasteiger partial charge on any atom is -0.467 e. The van der Waals surface area contributed by atoms with Gasteiger partial charge in [-0.3, -0.25) is 0 Å². The molecule has 0 fully saturated rings. The van der Waals surface area contributed by atoms with Gasteiger partial charge < -0.3 is 9.73 Å². The highest BCUT2D eigenvalue weighted by Gasteiger charge is 2.20. The third-order valence-electron chi connectivity index (χ3n) is 2.72. The maximum atomic E-state index is 13.5. The van der Waals surface area contributed by atoms with Crippen LogP contribution in [0.2, 0.25) is 5.02 Å². The highest BCUT2D eigenvalue weighted by Crippen LogP contribution is 2.30. The average Bonchev–Trinajstić information content (AvgIpc) is 2.88. The summed E-state index contributed by atoms with van der Waals surface area (Å²) in [7, 11) is 0. The van der Waals surface area contributed by atoms with Crippen molar-refractivity contribution in [3.05, 3.63) is 58.8 Å². The Morgan fingerprint density at radius 1 is 1.33 bits per heavy atom. The van der Waals surface area contributed by atoms with Crippen LogP contribution in [0.5, 0.6) is 0 Å². The summed E-state index contributed by atoms with van der Waals surface area (Å²) in [4.78, 5) is 0. The van der Waals surface area contributed by atoms with Gasteiger partial charge in [0.05, 0.1) is 17.3 Å². The molecule has 0 bridgehead atoms. The van der Waals surface area contributed by atoms with Crippen LogP contribution in [0.3, 0.4) is 0 Å². The minimum atomic E-state index is -0.413. The Bertz CT molecular complexity index is 499. The first kappa shape index (κ1) is 13.1. The Morgan fingerprint density at radius 2 is 2.17 bits per heavy atom. The third kappa shape index (κ3) is 2.74. The summed E-state index contributed by atoms with van der Waals surface area (Å²) < 4.78 is 18.9. The van der Waals surface area contributed by atoms with Gasteiger partial charge in [-0.25, -0.2) is 4.39 Å². The number of furan rings is 1. The molecule has 18 heavy (non-hydrogen) atoms. The van der Waals surface area contributed by atoms with E-state index in [1.54, 1.807) is 18.4 Å². The summed E-state index contributed by atoms with van der Waals surface area (Å²) in [5.74, 6) is 0.319. The molecule has 0 radical (unpaired) electrons. The smallest absolute Gasteiger partial charge is 0.142 e. The molecular formula is C14H15ClFNO. The van der Waals surface area contributed by atoms with Crippen LogP contribution in [0.15, 0.2) is 41.0 Å². The monoisotopic (exact) mass is 267 g/mol. The highest BCUT2D eigenvalue weighted by atomic mass is 35.5. The van der Waals surface area contributed by atoms with Gasteiger partial charge in [0.2, 0.25) is 0 Å². The third-order valence-corrected chi connectivity index (χ3v) is 3.12. The van der Waals surface area contributed by atoms with E-state index in [1.807, 2.05) is 12.1 Å². The quantitative estimate of drug-likeness (QED) is 0.880. The SMILES string of the molecule is CCCNC(c1ccco1)c1cccc(F)c1Cl. The van der Waals surface area contributed by atoms with Gasteiger partial charge in [-0.05, 0) is 36.7 Å². The van der Waals surface area contributed by atoms with Crippen molar-refractivity contribution in [2.24, 2.45) is 0 Å². The van der Waals surface area contributed by atoms with Crippen molar-refractivity contribution in [3.63, 3.8) is 0 Å². The van der Waals surface area contributed by atoms with Gasteiger partial charge >= 0.3 is 0 Å². The minimum absolute atomic E-state index is 0.141. The first-order valence-electron chi connectivity index (χ1n) is 5.94. The standard InChI is InChI=1S/C14H15ClFNO/c1-2-8-17-14(12-7-4-9-18-12)10-5-3-6-11(16)13(10)15/h3-7,9,14,17H,2,8H2,1H3. The number of halogens is 2. The Kier molecular flexibility index (Phi) is 4.39. The molecule has 2 nitrogen and oxygen atoms in total. The summed E-state index contributed by atoms with van der Waals surface area (Å²) >= 11 is 6.03. The highest BCUT2D eigenvalue weighted by molar-refractivity contribution is 6.31. The van der Waals surface area contributed by atoms with Gasteiger partial charge in [0.1, 0.15) is 11.6 Å². The summed E-state index contributed by atoms with van der Waals surface area (Å²) in [6.07, 6.45) is 2.58. The number of hydrogen-bond donors (Lipinski definition) is 1. The first-order valence-corrected chi connectivity index (χ1v) is 6.32. The number of nitrogens with one attached hydrogen (secondary N) is 1. The summed E-state index contributed by atoms with van der Waals surface area (Å²) in [5.41, 5.74) is 0.695. The van der Waals surface area contributed by atoms with E-state index in [0.717, 1.165) is 18.7 Å². The number of rotatable bonds is 5. The maximum absolute atomic E-state index is 13.5. The molecule has 1 atom stereocenters. The molecule has 0 aliphatic carbocycles. The maximum Gasteiger partial charge on any atom is 0.142 e. The second-order valence-corrected chi connectivity index (χ2v) is 4.42. The summed E-state index contributed by atoms with van der Waals surface area (Å²) in [5, 5.41) is 3.45. The molecule has 0 saturated carbocycles. The Morgan fingerprint density at radius 3 is 2.83 bits per heavy atom. The Hall–Kier alpha value is -1.32. The van der Waals surface area contributed by atoms with Crippen LogP contribution < -0.4 is 5.32 Å². The van der Waals surface area contributed by atoms with Crippen LogP contribution in [0.1, 0.15) is 30.7 Å². The van der Waals surface area contributed by atoms with E-state index in [4.69, 9.17) is 16.0 Å². The van der Waals surface area contributed by atoms with Crippen LogP contribution in [0.4, 0.5) is 4.39 Å². The fourth-order valence-corrected chi connectivity index (χ4v) is 2.09. The van der Waals surface area contributed by atoms with E-state index in [-0.39, 0.29) is 11.1 Å². The number of hydrogen-bond acceptors (Lipinski definition) is 2. The van der Waals surface area contributed by atoms with Gasteiger partial charge in [0.25, 0.3) is 0 Å². The van der Waals surface area contributed by atoms with Crippen molar-refractivity contribution in [3.8, 4) is 0 Å². The summed E-state index contributed by atoms with van der Waals surface area (Å²) in [6, 6.07) is 8.26. The zero-order valence-electron chi connectivity index (χ0n) is 10.1. The molecule has 2 aromatic rings. The molecule has 0 aliphatic heterocycles. The fraction of sp³-hybridized carbons (Fsp3) is 0.286. The van der Waals surface area contributed by atoms with Crippen LogP contribution in [0, 0.1) is 5.82 Å².